The van der Waals surface area contributed by atoms with Crippen LogP contribution >= 0.6 is 0 Å². The summed E-state index contributed by atoms with van der Waals surface area (Å²) in [4.78, 5) is 4.23. The maximum absolute atomic E-state index is 4.23. The van der Waals surface area contributed by atoms with Crippen molar-refractivity contribution in [2.45, 2.75) is 12.8 Å². The lowest BCUT2D eigenvalue weighted by Gasteiger charge is -2.08. The first kappa shape index (κ1) is 9.84. The molecule has 0 aliphatic heterocycles. The Morgan fingerprint density at radius 3 is 2.78 bits per heavy atom. The smallest absolute Gasteiger partial charge is 0.0346 e. The third kappa shape index (κ3) is 1.31. The van der Waals surface area contributed by atoms with Crippen molar-refractivity contribution in [1.82, 2.24) is 4.98 Å². The van der Waals surface area contributed by atoms with Crippen LogP contribution in [-0.2, 0) is 12.8 Å². The number of aromatic nitrogens is 1. The average molecular weight is 231 g/mol. The lowest BCUT2D eigenvalue weighted by Crippen LogP contribution is -1.87. The summed E-state index contributed by atoms with van der Waals surface area (Å²) in [5.41, 5.74) is 5.57. The van der Waals surface area contributed by atoms with Gasteiger partial charge >= 0.3 is 0 Å². The summed E-state index contributed by atoms with van der Waals surface area (Å²) in [7, 11) is 0. The summed E-state index contributed by atoms with van der Waals surface area (Å²) in [6, 6.07) is 15.3. The van der Waals surface area contributed by atoms with Gasteiger partial charge in [0.1, 0.15) is 0 Å². The zero-order valence-electron chi connectivity index (χ0n) is 10.1. The van der Waals surface area contributed by atoms with Crippen LogP contribution in [0.5, 0.6) is 0 Å². The van der Waals surface area contributed by atoms with Crippen LogP contribution in [0.1, 0.15) is 11.1 Å². The maximum Gasteiger partial charge on any atom is 0.0346 e. The van der Waals surface area contributed by atoms with Crippen molar-refractivity contribution in [2.75, 3.05) is 0 Å². The number of pyridine rings is 1. The van der Waals surface area contributed by atoms with Crippen molar-refractivity contribution >= 4 is 10.8 Å². The van der Waals surface area contributed by atoms with Crippen LogP contribution in [0.4, 0.5) is 0 Å². The summed E-state index contributed by atoms with van der Waals surface area (Å²) in [5.74, 6) is 0. The van der Waals surface area contributed by atoms with Gasteiger partial charge in [0.05, 0.1) is 0 Å². The maximum atomic E-state index is 4.23. The molecule has 0 bridgehead atoms. The predicted molar refractivity (Wildman–Crippen MR) is 74.6 cm³/mol. The first-order valence-electron chi connectivity index (χ1n) is 6.37. The van der Waals surface area contributed by atoms with Gasteiger partial charge in [0.15, 0.2) is 0 Å². The molecule has 0 radical (unpaired) electrons. The Hall–Kier alpha value is -2.15. The Morgan fingerprint density at radius 1 is 0.889 bits per heavy atom. The van der Waals surface area contributed by atoms with Crippen molar-refractivity contribution in [3.63, 3.8) is 0 Å². The Bertz CT molecular complexity index is 729. The van der Waals surface area contributed by atoms with E-state index in [-0.39, 0.29) is 0 Å². The van der Waals surface area contributed by atoms with Crippen molar-refractivity contribution in [3.8, 4) is 11.1 Å². The molecule has 0 fully saturated rings. The van der Waals surface area contributed by atoms with Gasteiger partial charge in [-0.1, -0.05) is 36.4 Å². The predicted octanol–water partition coefficient (Wildman–Crippen LogP) is 4.00. The molecular formula is C17H13N. The van der Waals surface area contributed by atoms with Crippen molar-refractivity contribution in [3.05, 3.63) is 66.0 Å². The number of nitrogens with zero attached hydrogens (tertiary/aromatic N) is 1. The minimum atomic E-state index is 1.15. The monoisotopic (exact) mass is 231 g/mol. The highest BCUT2D eigenvalue weighted by atomic mass is 14.6. The lowest BCUT2D eigenvalue weighted by atomic mass is 9.96. The molecule has 1 nitrogen and oxygen atoms in total. The van der Waals surface area contributed by atoms with E-state index in [2.05, 4.69) is 41.4 Å². The number of hydrogen-bond donors (Lipinski definition) is 0. The van der Waals surface area contributed by atoms with Crippen LogP contribution in [-0.4, -0.2) is 4.98 Å². The van der Waals surface area contributed by atoms with Crippen molar-refractivity contribution in [2.24, 2.45) is 0 Å². The number of rotatable bonds is 1. The van der Waals surface area contributed by atoms with E-state index in [1.54, 1.807) is 0 Å². The third-order valence-electron chi connectivity index (χ3n) is 3.86. The quantitative estimate of drug-likeness (QED) is 0.617. The average Bonchev–Trinajstić information content (AvgIpc) is 2.87. The Kier molecular flexibility index (Phi) is 2.01. The zero-order chi connectivity index (χ0) is 11.9. The second-order valence-electron chi connectivity index (χ2n) is 4.85. The molecule has 0 saturated carbocycles. The highest BCUT2D eigenvalue weighted by Crippen LogP contribution is 2.37. The van der Waals surface area contributed by atoms with Gasteiger partial charge < -0.3 is 0 Å². The van der Waals surface area contributed by atoms with Gasteiger partial charge in [-0.3, -0.25) is 4.98 Å². The van der Waals surface area contributed by atoms with Crippen molar-refractivity contribution in [1.29, 1.82) is 0 Å². The molecule has 0 atom stereocenters. The highest BCUT2D eigenvalue weighted by Gasteiger charge is 2.17. The van der Waals surface area contributed by atoms with E-state index >= 15 is 0 Å². The molecule has 3 aromatic rings. The highest BCUT2D eigenvalue weighted by molar-refractivity contribution is 5.95. The molecule has 0 unspecified atom stereocenters. The minimum absolute atomic E-state index is 1.15. The lowest BCUT2D eigenvalue weighted by molar-refractivity contribution is 1.03. The van der Waals surface area contributed by atoms with Gasteiger partial charge in [-0.05, 0) is 46.4 Å². The van der Waals surface area contributed by atoms with E-state index in [0.29, 0.717) is 0 Å². The summed E-state index contributed by atoms with van der Waals surface area (Å²) >= 11 is 0. The van der Waals surface area contributed by atoms with E-state index in [0.717, 1.165) is 6.42 Å². The fraction of sp³-hybridized carbons (Fsp3) is 0.118. The molecule has 86 valence electrons. The molecule has 0 spiro atoms. The molecule has 18 heavy (non-hydrogen) atoms. The Balaban J connectivity index is 2.07. The Labute approximate surface area is 106 Å². The summed E-state index contributed by atoms with van der Waals surface area (Å²) in [5, 5.41) is 2.84. The second kappa shape index (κ2) is 3.67. The number of hydrogen-bond acceptors (Lipinski definition) is 1. The normalized spacial score (nSPS) is 13.1. The fourth-order valence-corrected chi connectivity index (χ4v) is 3.06. The first-order valence-corrected chi connectivity index (χ1v) is 6.37. The SMILES string of the molecule is c1cncc(-c2ccc3cccc4c3c2CC4)c1. The van der Waals surface area contributed by atoms with Gasteiger partial charge in [-0.2, -0.15) is 0 Å². The molecule has 1 aromatic heterocycles. The fourth-order valence-electron chi connectivity index (χ4n) is 3.06. The topological polar surface area (TPSA) is 12.9 Å². The molecule has 4 rings (SSSR count). The number of benzene rings is 2. The summed E-state index contributed by atoms with van der Waals surface area (Å²) in [6.45, 7) is 0. The summed E-state index contributed by atoms with van der Waals surface area (Å²) < 4.78 is 0. The first-order chi connectivity index (χ1) is 8.93. The van der Waals surface area contributed by atoms with E-state index in [1.807, 2.05) is 18.5 Å². The molecule has 1 aliphatic rings. The van der Waals surface area contributed by atoms with E-state index < -0.39 is 0 Å². The summed E-state index contributed by atoms with van der Waals surface area (Å²) in [6.07, 6.45) is 6.11. The molecule has 0 amide bonds. The van der Waals surface area contributed by atoms with E-state index in [9.17, 15) is 0 Å². The van der Waals surface area contributed by atoms with Gasteiger partial charge in [-0.15, -0.1) is 0 Å². The van der Waals surface area contributed by atoms with Crippen LogP contribution in [0.25, 0.3) is 21.9 Å². The molecular weight excluding hydrogens is 218 g/mol. The van der Waals surface area contributed by atoms with E-state index in [1.165, 1.54) is 39.4 Å². The van der Waals surface area contributed by atoms with Crippen molar-refractivity contribution < 1.29 is 0 Å². The van der Waals surface area contributed by atoms with Crippen LogP contribution in [0.3, 0.4) is 0 Å². The zero-order valence-corrected chi connectivity index (χ0v) is 10.1. The van der Waals surface area contributed by atoms with Crippen LogP contribution in [0.2, 0.25) is 0 Å². The van der Waals surface area contributed by atoms with Gasteiger partial charge in [-0.25, -0.2) is 0 Å². The van der Waals surface area contributed by atoms with E-state index in [4.69, 9.17) is 0 Å². The van der Waals surface area contributed by atoms with Crippen LogP contribution in [0, 0.1) is 0 Å². The van der Waals surface area contributed by atoms with Crippen LogP contribution in [0.15, 0.2) is 54.9 Å². The van der Waals surface area contributed by atoms with Gasteiger partial charge in [0.2, 0.25) is 0 Å². The second-order valence-corrected chi connectivity index (χ2v) is 4.85. The largest absolute Gasteiger partial charge is 0.264 e. The number of aryl methyl sites for hydroxylation is 2. The Morgan fingerprint density at radius 2 is 1.89 bits per heavy atom. The third-order valence-corrected chi connectivity index (χ3v) is 3.86. The molecule has 1 heterocycles. The van der Waals surface area contributed by atoms with Gasteiger partial charge in [0.25, 0.3) is 0 Å². The molecule has 1 heteroatoms. The van der Waals surface area contributed by atoms with Gasteiger partial charge in [0, 0.05) is 18.0 Å². The molecule has 1 aliphatic carbocycles. The molecule has 0 N–H and O–H groups in total. The van der Waals surface area contributed by atoms with Crippen LogP contribution < -0.4 is 0 Å². The standard InChI is InChI=1S/C17H13N/c1-3-12-6-8-15(14-5-2-10-18-11-14)16-9-7-13(4-1)17(12)16/h1-6,8,10-11H,7,9H2. The molecule has 2 aromatic carbocycles. The molecule has 0 saturated heterocycles. The minimum Gasteiger partial charge on any atom is -0.264 e.